The second-order valence-corrected chi connectivity index (χ2v) is 3.14. The fraction of sp³-hybridized carbons (Fsp3) is 0. The molecular formula is H10B8. The highest BCUT2D eigenvalue weighted by Crippen LogP contribution is 1.67. The molecule has 0 aliphatic heterocycles. The van der Waals surface area contributed by atoms with Crippen molar-refractivity contribution in [2.75, 3.05) is 0 Å². The average Bonchev–Trinajstić information content (AvgIpc) is 1.65. The Morgan fingerprint density at radius 2 is 1.62 bits per heavy atom. The van der Waals surface area contributed by atoms with Crippen LogP contribution in [0.1, 0.15) is 0 Å². The molecule has 0 bridgehead atoms. The van der Waals surface area contributed by atoms with Crippen molar-refractivity contribution in [2.45, 2.75) is 0 Å². The van der Waals surface area contributed by atoms with Gasteiger partial charge in [-0.25, -0.2) is 0 Å². The molecule has 0 saturated heterocycles. The Kier molecular flexibility index (Phi) is 4.69. The maximum Gasteiger partial charge on any atom is 0.0594 e. The lowest BCUT2D eigenvalue weighted by Crippen LogP contribution is -2.42. The molecule has 0 aromatic heterocycles. The minimum atomic E-state index is 0.880. The van der Waals surface area contributed by atoms with Crippen LogP contribution in [0, 0.1) is 0 Å². The molecule has 0 aliphatic rings. The normalized spacial score (nSPS) is 7.50. The molecule has 8 heteroatoms. The maximum atomic E-state index is 2.32. The third kappa shape index (κ3) is 4.67. The first kappa shape index (κ1) is 8.52. The van der Waals surface area contributed by atoms with Crippen LogP contribution in [-0.2, 0) is 0 Å². The zero-order valence-corrected chi connectivity index (χ0v) is 6.57. The highest BCUT2D eigenvalue weighted by atomic mass is 12.9. The molecule has 0 fully saturated rings. The van der Waals surface area contributed by atoms with Crippen molar-refractivity contribution in [3.05, 3.63) is 0 Å². The Hall–Kier alpha value is 0.519. The third-order valence-electron chi connectivity index (χ3n) is 1.57. The standard InChI is InChI=1S/B8H10/c1-5-8(4)6-7(2)3/h5-6H,1-4H2. The highest BCUT2D eigenvalue weighted by molar-refractivity contribution is 7.80. The summed E-state index contributed by atoms with van der Waals surface area (Å²) < 4.78 is 0. The van der Waals surface area contributed by atoms with Gasteiger partial charge in [0.1, 0.15) is 0 Å². The quantitative estimate of drug-likeness (QED) is 0.307. The van der Waals surface area contributed by atoms with Crippen LogP contribution < -0.4 is 0 Å². The first-order chi connectivity index (χ1) is 3.66. The van der Waals surface area contributed by atoms with Gasteiger partial charge >= 0.3 is 0 Å². The van der Waals surface area contributed by atoms with Gasteiger partial charge in [-0.15, -0.1) is 0 Å². The Morgan fingerprint density at radius 1 is 1.12 bits per heavy atom. The predicted molar refractivity (Wildman–Crippen MR) is 60.0 cm³/mol. The van der Waals surface area contributed by atoms with Gasteiger partial charge in [-0.2, -0.15) is 0 Å². The van der Waals surface area contributed by atoms with E-state index in [1.165, 1.54) is 14.1 Å². The summed E-state index contributed by atoms with van der Waals surface area (Å²) in [7, 11) is 11.9. The fourth-order valence-electron chi connectivity index (χ4n) is 0.971. The molecule has 0 amide bonds. The molecule has 0 spiro atoms. The fourth-order valence-corrected chi connectivity index (χ4v) is 0.971. The predicted octanol–water partition coefficient (Wildman–Crippen LogP) is -5.72. The topological polar surface area (TPSA) is 0 Å². The van der Waals surface area contributed by atoms with Crippen molar-refractivity contribution in [1.29, 1.82) is 0 Å². The summed E-state index contributed by atoms with van der Waals surface area (Å²) in [6.45, 7) is 0. The van der Waals surface area contributed by atoms with Crippen molar-refractivity contribution in [3.8, 4) is 0 Å². The first-order valence-corrected chi connectivity index (χ1v) is 3.66. The Labute approximate surface area is 58.5 Å². The monoisotopic (exact) mass is 98.2 g/mol. The van der Waals surface area contributed by atoms with E-state index in [2.05, 4.69) is 30.9 Å². The van der Waals surface area contributed by atoms with Crippen LogP contribution in [0.4, 0.5) is 0 Å². The van der Waals surface area contributed by atoms with Crippen LogP contribution in [0.15, 0.2) is 0 Å². The van der Waals surface area contributed by atoms with Gasteiger partial charge in [-0.05, 0) is 0 Å². The molecule has 0 radical (unpaired) electrons. The van der Waals surface area contributed by atoms with Crippen molar-refractivity contribution >= 4 is 57.8 Å². The van der Waals surface area contributed by atoms with Gasteiger partial charge in [0, 0.05) is 26.9 Å². The summed E-state index contributed by atoms with van der Waals surface area (Å²) in [5, 5.41) is 0. The average molecular weight is 96.6 g/mol. The molecule has 0 unspecified atom stereocenters. The Balaban J connectivity index is 3.10. The van der Waals surface area contributed by atoms with Gasteiger partial charge < -0.3 is 0 Å². The lowest BCUT2D eigenvalue weighted by atomic mass is 8.77. The molecule has 0 aromatic carbocycles. The van der Waals surface area contributed by atoms with Gasteiger partial charge in [-0.1, -0.05) is 0 Å². The van der Waals surface area contributed by atoms with Gasteiger partial charge in [-0.3, -0.25) is 0 Å². The maximum absolute atomic E-state index is 2.32. The van der Waals surface area contributed by atoms with E-state index in [1.54, 1.807) is 0 Å². The smallest absolute Gasteiger partial charge is 0.0206 e. The van der Waals surface area contributed by atoms with Crippen molar-refractivity contribution in [2.24, 2.45) is 0 Å². The molecule has 0 rings (SSSR count). The van der Waals surface area contributed by atoms with Crippen molar-refractivity contribution in [1.82, 2.24) is 0 Å². The van der Waals surface area contributed by atoms with E-state index in [0.29, 0.717) is 0 Å². The van der Waals surface area contributed by atoms with Crippen LogP contribution >= 0.6 is 0 Å². The van der Waals surface area contributed by atoms with Gasteiger partial charge in [0.15, 0.2) is 0 Å². The van der Waals surface area contributed by atoms with E-state index in [1.807, 2.05) is 0 Å². The second kappa shape index (κ2) is 4.40. The summed E-state index contributed by atoms with van der Waals surface area (Å²) in [5.74, 6) is 0. The van der Waals surface area contributed by atoms with Crippen LogP contribution in [0.25, 0.3) is 0 Å². The minimum Gasteiger partial charge on any atom is 0.0206 e. The van der Waals surface area contributed by atoms with Crippen LogP contribution in [-0.4, -0.2) is 57.8 Å². The third-order valence-corrected chi connectivity index (χ3v) is 1.57. The summed E-state index contributed by atoms with van der Waals surface area (Å²) in [5.41, 5.74) is 0. The molecule has 0 N–H and O–H groups in total. The van der Waals surface area contributed by atoms with E-state index in [-0.39, 0.29) is 0 Å². The molecule has 0 aliphatic carbocycles. The van der Waals surface area contributed by atoms with Crippen LogP contribution in [0.3, 0.4) is 0 Å². The largest absolute Gasteiger partial charge is 0.0594 e. The van der Waals surface area contributed by atoms with Crippen LogP contribution in [0.5, 0.6) is 0 Å². The molecule has 0 nitrogen and oxygen atoms in total. The second-order valence-electron chi connectivity index (χ2n) is 3.14. The minimum absolute atomic E-state index is 0.880. The number of rotatable bonds is 3. The molecule has 0 heterocycles. The zero-order valence-electron chi connectivity index (χ0n) is 6.57. The summed E-state index contributed by atoms with van der Waals surface area (Å²) in [4.78, 5) is 0. The molecule has 0 aromatic rings. The molecular weight excluding hydrogens is 86.5 g/mol. The Morgan fingerprint density at radius 3 is 1.75 bits per heavy atom. The first-order valence-electron chi connectivity index (χ1n) is 3.66. The van der Waals surface area contributed by atoms with E-state index >= 15 is 0 Å². The number of hydrogen-bond donors (Lipinski definition) is 0. The molecule has 0 saturated carbocycles. The lowest BCUT2D eigenvalue weighted by Gasteiger charge is -2.01. The number of hydrogen-bond acceptors (Lipinski definition) is 0. The van der Waals surface area contributed by atoms with Gasteiger partial charge in [0.25, 0.3) is 0 Å². The van der Waals surface area contributed by atoms with E-state index in [0.717, 1.165) is 12.8 Å². The van der Waals surface area contributed by atoms with Gasteiger partial charge in [0.05, 0.1) is 30.9 Å². The van der Waals surface area contributed by atoms with E-state index in [9.17, 15) is 0 Å². The SMILES string of the molecule is BBB(B)BB(B)B. The molecule has 34 valence electrons. The summed E-state index contributed by atoms with van der Waals surface area (Å²) in [6.07, 6.45) is 1.81. The van der Waals surface area contributed by atoms with Crippen molar-refractivity contribution in [3.63, 3.8) is 0 Å². The van der Waals surface area contributed by atoms with E-state index in [4.69, 9.17) is 0 Å². The molecule has 0 atom stereocenters. The van der Waals surface area contributed by atoms with E-state index < -0.39 is 0 Å². The summed E-state index contributed by atoms with van der Waals surface area (Å²) in [6, 6.07) is 0. The highest BCUT2D eigenvalue weighted by Gasteiger charge is 2.08. The van der Waals surface area contributed by atoms with Crippen molar-refractivity contribution < 1.29 is 0 Å². The lowest BCUT2D eigenvalue weighted by molar-refractivity contribution is 3.71. The summed E-state index contributed by atoms with van der Waals surface area (Å²) >= 11 is 0. The van der Waals surface area contributed by atoms with Crippen LogP contribution in [0.2, 0.25) is 0 Å². The van der Waals surface area contributed by atoms with Gasteiger partial charge in [0.2, 0.25) is 0 Å². The zero-order chi connectivity index (χ0) is 6.57. The Bertz CT molecular complexity index is 46.0. The molecule has 8 heavy (non-hydrogen) atoms.